The molecule has 0 atom stereocenters. The van der Waals surface area contributed by atoms with Gasteiger partial charge in [0.2, 0.25) is 5.91 Å². The number of rotatable bonds is 6. The monoisotopic (exact) mass is 491 g/mol. The summed E-state index contributed by atoms with van der Waals surface area (Å²) in [5.41, 5.74) is 3.00. The summed E-state index contributed by atoms with van der Waals surface area (Å²) in [4.78, 5) is 31.4. The summed E-state index contributed by atoms with van der Waals surface area (Å²) in [6, 6.07) is 15.0. The van der Waals surface area contributed by atoms with Gasteiger partial charge < -0.3 is 10.1 Å². The molecule has 7 heteroatoms. The van der Waals surface area contributed by atoms with Crippen LogP contribution < -0.4 is 5.32 Å². The van der Waals surface area contributed by atoms with Gasteiger partial charge in [-0.15, -0.1) is 11.3 Å². The van der Waals surface area contributed by atoms with Gasteiger partial charge in [-0.3, -0.25) is 14.6 Å². The highest BCUT2D eigenvalue weighted by Gasteiger charge is 2.27. The highest BCUT2D eigenvalue weighted by Crippen LogP contribution is 2.38. The van der Waals surface area contributed by atoms with Crippen LogP contribution in [0, 0.1) is 0 Å². The predicted octanol–water partition coefficient (Wildman–Crippen LogP) is 4.71. The van der Waals surface area contributed by atoms with Crippen LogP contribution in [0.3, 0.4) is 0 Å². The number of ether oxygens (including phenoxy) is 1. The van der Waals surface area contributed by atoms with Gasteiger partial charge in [-0.1, -0.05) is 48.9 Å². The van der Waals surface area contributed by atoms with E-state index in [0.29, 0.717) is 17.1 Å². The first-order valence-corrected chi connectivity index (χ1v) is 13.4. The summed E-state index contributed by atoms with van der Waals surface area (Å²) in [5, 5.41) is 6.29. The zero-order valence-corrected chi connectivity index (χ0v) is 21.2. The molecule has 3 aromatic rings. The van der Waals surface area contributed by atoms with Crippen LogP contribution >= 0.6 is 11.3 Å². The number of nitrogens with zero attached hydrogens (tertiary/aromatic N) is 2. The van der Waals surface area contributed by atoms with Crippen molar-refractivity contribution in [3.05, 3.63) is 64.0 Å². The number of nitrogens with one attached hydrogen (secondary N) is 1. The van der Waals surface area contributed by atoms with Crippen molar-refractivity contribution in [2.45, 2.75) is 38.6 Å². The molecule has 1 N–H and O–H groups in total. The number of carbonyl (C=O) groups is 2. The molecule has 35 heavy (non-hydrogen) atoms. The van der Waals surface area contributed by atoms with E-state index < -0.39 is 0 Å². The molecule has 0 bridgehead atoms. The first-order valence-electron chi connectivity index (χ1n) is 12.6. The molecule has 0 saturated carbocycles. The third-order valence-electron chi connectivity index (χ3n) is 7.17. The Kier molecular flexibility index (Phi) is 7.46. The lowest BCUT2D eigenvalue weighted by Gasteiger charge is -2.34. The number of hydrogen-bond acceptors (Lipinski definition) is 6. The summed E-state index contributed by atoms with van der Waals surface area (Å²) in [6.45, 7) is 4.82. The van der Waals surface area contributed by atoms with Gasteiger partial charge in [-0.2, -0.15) is 0 Å². The molecule has 1 amide bonds. The van der Waals surface area contributed by atoms with Crippen LogP contribution in [0.2, 0.25) is 0 Å². The van der Waals surface area contributed by atoms with Gasteiger partial charge in [-0.05, 0) is 47.6 Å². The molecule has 5 rings (SSSR count). The van der Waals surface area contributed by atoms with Crippen LogP contribution in [-0.2, 0) is 28.9 Å². The Balaban J connectivity index is 1.18. The van der Waals surface area contributed by atoms with E-state index in [9.17, 15) is 9.59 Å². The number of piperazine rings is 1. The third-order valence-corrected chi connectivity index (χ3v) is 8.38. The first kappa shape index (κ1) is 24.0. The summed E-state index contributed by atoms with van der Waals surface area (Å²) in [7, 11) is 1.41. The number of thiophene rings is 1. The molecule has 2 aromatic carbocycles. The van der Waals surface area contributed by atoms with Crippen molar-refractivity contribution in [2.24, 2.45) is 0 Å². The Labute approximate surface area is 210 Å². The van der Waals surface area contributed by atoms with Crippen molar-refractivity contribution >= 4 is 39.0 Å². The molecule has 1 saturated heterocycles. The van der Waals surface area contributed by atoms with Crippen molar-refractivity contribution in [1.29, 1.82) is 0 Å². The van der Waals surface area contributed by atoms with Crippen LogP contribution in [0.25, 0.3) is 10.8 Å². The maximum Gasteiger partial charge on any atom is 0.341 e. The molecule has 1 fully saturated rings. The van der Waals surface area contributed by atoms with Crippen molar-refractivity contribution in [2.75, 3.05) is 45.2 Å². The number of fused-ring (bicyclic) bond motifs is 2. The van der Waals surface area contributed by atoms with Crippen LogP contribution in [0.4, 0.5) is 5.00 Å². The van der Waals surface area contributed by atoms with E-state index in [4.69, 9.17) is 4.74 Å². The number of esters is 1. The van der Waals surface area contributed by atoms with Crippen molar-refractivity contribution in [3.8, 4) is 0 Å². The molecular weight excluding hydrogens is 458 g/mol. The predicted molar refractivity (Wildman–Crippen MR) is 141 cm³/mol. The van der Waals surface area contributed by atoms with E-state index in [2.05, 4.69) is 57.6 Å². The normalized spacial score (nSPS) is 17.1. The molecule has 184 valence electrons. The SMILES string of the molecule is COC(=O)c1c(NC(=O)CN2CCN(Cc3cccc4ccccc34)CC2)sc2c1CCCCC2. The number of anilines is 1. The number of amides is 1. The smallest absolute Gasteiger partial charge is 0.341 e. The van der Waals surface area contributed by atoms with E-state index in [1.165, 1.54) is 34.7 Å². The average Bonchev–Trinajstić information content (AvgIpc) is 3.04. The van der Waals surface area contributed by atoms with E-state index >= 15 is 0 Å². The molecule has 6 nitrogen and oxygen atoms in total. The fraction of sp³-hybridized carbons (Fsp3) is 0.429. The van der Waals surface area contributed by atoms with E-state index in [1.54, 1.807) is 11.3 Å². The Morgan fingerprint density at radius 1 is 0.943 bits per heavy atom. The van der Waals surface area contributed by atoms with Gasteiger partial charge in [-0.25, -0.2) is 4.79 Å². The molecule has 2 heterocycles. The minimum atomic E-state index is -0.346. The second kappa shape index (κ2) is 10.9. The maximum absolute atomic E-state index is 12.9. The van der Waals surface area contributed by atoms with E-state index in [-0.39, 0.29) is 11.9 Å². The third kappa shape index (κ3) is 5.42. The maximum atomic E-state index is 12.9. The average molecular weight is 492 g/mol. The fourth-order valence-electron chi connectivity index (χ4n) is 5.29. The van der Waals surface area contributed by atoms with Crippen LogP contribution in [0.5, 0.6) is 0 Å². The van der Waals surface area contributed by atoms with Gasteiger partial charge >= 0.3 is 5.97 Å². The topological polar surface area (TPSA) is 61.9 Å². The quantitative estimate of drug-likeness (QED) is 0.400. The Morgan fingerprint density at radius 3 is 2.51 bits per heavy atom. The number of methoxy groups -OCH3 is 1. The minimum absolute atomic E-state index is 0.0611. The lowest BCUT2D eigenvalue weighted by atomic mass is 10.0. The van der Waals surface area contributed by atoms with Crippen LogP contribution in [0.15, 0.2) is 42.5 Å². The fourth-order valence-corrected chi connectivity index (χ4v) is 6.59. The molecule has 2 aliphatic rings. The highest BCUT2D eigenvalue weighted by atomic mass is 32.1. The van der Waals surface area contributed by atoms with Gasteiger partial charge in [0, 0.05) is 37.6 Å². The van der Waals surface area contributed by atoms with Gasteiger partial charge in [0.1, 0.15) is 5.00 Å². The molecule has 0 radical (unpaired) electrons. The minimum Gasteiger partial charge on any atom is -0.465 e. The summed E-state index contributed by atoms with van der Waals surface area (Å²) < 4.78 is 5.06. The standard InChI is InChI=1S/C28H33N3O3S/c1-34-28(33)26-23-12-3-2-4-13-24(23)35-27(26)29-25(32)19-31-16-14-30(15-17-31)18-21-10-7-9-20-8-5-6-11-22(20)21/h5-11H,2-4,12-19H2,1H3,(H,29,32). The van der Waals surface area contributed by atoms with E-state index in [1.807, 2.05) is 0 Å². The molecule has 1 aromatic heterocycles. The summed E-state index contributed by atoms with van der Waals surface area (Å²) in [6.07, 6.45) is 5.23. The van der Waals surface area contributed by atoms with Crippen LogP contribution in [-0.4, -0.2) is 61.5 Å². The molecule has 0 unspecified atom stereocenters. The molecular formula is C28H33N3O3S. The van der Waals surface area contributed by atoms with Gasteiger partial charge in [0.05, 0.1) is 19.2 Å². The lowest BCUT2D eigenvalue weighted by molar-refractivity contribution is -0.117. The first-order chi connectivity index (χ1) is 17.1. The number of benzene rings is 2. The van der Waals surface area contributed by atoms with Crippen molar-refractivity contribution in [3.63, 3.8) is 0 Å². The van der Waals surface area contributed by atoms with Gasteiger partial charge in [0.25, 0.3) is 0 Å². The number of hydrogen-bond donors (Lipinski definition) is 1. The molecule has 1 aliphatic heterocycles. The van der Waals surface area contributed by atoms with Crippen molar-refractivity contribution < 1.29 is 14.3 Å². The zero-order valence-electron chi connectivity index (χ0n) is 20.3. The number of aryl methyl sites for hydroxylation is 1. The van der Waals surface area contributed by atoms with Crippen LogP contribution in [0.1, 0.15) is 45.6 Å². The lowest BCUT2D eigenvalue weighted by Crippen LogP contribution is -2.48. The summed E-state index contributed by atoms with van der Waals surface area (Å²) in [5.74, 6) is -0.407. The second-order valence-corrected chi connectivity index (χ2v) is 10.6. The second-order valence-electron chi connectivity index (χ2n) is 9.50. The Morgan fingerprint density at radius 2 is 1.69 bits per heavy atom. The molecule has 1 aliphatic carbocycles. The highest BCUT2D eigenvalue weighted by molar-refractivity contribution is 7.17. The van der Waals surface area contributed by atoms with E-state index in [0.717, 1.165) is 64.0 Å². The Bertz CT molecular complexity index is 1210. The number of carbonyl (C=O) groups excluding carboxylic acids is 2. The Hall–Kier alpha value is -2.74. The zero-order chi connectivity index (χ0) is 24.2. The van der Waals surface area contributed by atoms with Gasteiger partial charge in [0.15, 0.2) is 0 Å². The molecule has 0 spiro atoms. The largest absolute Gasteiger partial charge is 0.465 e. The summed E-state index contributed by atoms with van der Waals surface area (Å²) >= 11 is 1.55. The van der Waals surface area contributed by atoms with Crippen molar-refractivity contribution in [1.82, 2.24) is 9.80 Å².